The first-order valence-corrected chi connectivity index (χ1v) is 11.8. The lowest BCUT2D eigenvalue weighted by Gasteiger charge is -2.12. The van der Waals surface area contributed by atoms with Crippen molar-refractivity contribution in [1.82, 2.24) is 4.98 Å². The van der Waals surface area contributed by atoms with Crippen molar-refractivity contribution in [3.8, 4) is 17.2 Å². The van der Waals surface area contributed by atoms with Gasteiger partial charge >= 0.3 is 0 Å². The van der Waals surface area contributed by atoms with Crippen LogP contribution in [0.2, 0.25) is 0 Å². The van der Waals surface area contributed by atoms with Gasteiger partial charge in [-0.25, -0.2) is 13.6 Å². The lowest BCUT2D eigenvalue weighted by Crippen LogP contribution is -2.15. The van der Waals surface area contributed by atoms with Gasteiger partial charge in [0, 0.05) is 27.1 Å². The highest BCUT2D eigenvalue weighted by Gasteiger charge is 2.16. The maximum absolute atomic E-state index is 12.7. The van der Waals surface area contributed by atoms with Crippen LogP contribution >= 0.6 is 15.9 Å². The number of carbonyl (C=O) groups excluding carboxylic acids is 1. The van der Waals surface area contributed by atoms with Gasteiger partial charge in [-0.15, -0.1) is 0 Å². The fourth-order valence-corrected chi connectivity index (χ4v) is 4.74. The zero-order valence-corrected chi connectivity index (χ0v) is 19.0. The van der Waals surface area contributed by atoms with Gasteiger partial charge in [0.25, 0.3) is 0 Å². The van der Waals surface area contributed by atoms with Crippen LogP contribution in [0.4, 0.5) is 5.69 Å². The molecule has 7 nitrogen and oxygen atoms in total. The minimum absolute atomic E-state index is 0.0276. The van der Waals surface area contributed by atoms with Gasteiger partial charge in [-0.05, 0) is 63.5 Å². The van der Waals surface area contributed by atoms with E-state index in [-0.39, 0.29) is 17.2 Å². The number of hydrogen-bond acceptors (Lipinski definition) is 4. The van der Waals surface area contributed by atoms with Crippen molar-refractivity contribution in [3.63, 3.8) is 0 Å². The molecule has 1 aromatic heterocycles. The minimum Gasteiger partial charge on any atom is -0.361 e. The number of nitrogens with two attached hydrogens (primary N) is 1. The van der Waals surface area contributed by atoms with Gasteiger partial charge in [-0.3, -0.25) is 4.79 Å². The normalized spacial score (nSPS) is 11.3. The number of halogens is 1. The van der Waals surface area contributed by atoms with Gasteiger partial charge < -0.3 is 10.3 Å². The Labute approximate surface area is 193 Å². The average molecular weight is 509 g/mol. The molecular formula is C23H17BrN4O3S. The van der Waals surface area contributed by atoms with Crippen molar-refractivity contribution in [3.05, 3.63) is 82.5 Å². The molecule has 1 heterocycles. The molecule has 0 fully saturated rings. The number of H-pyrrole nitrogens is 1. The summed E-state index contributed by atoms with van der Waals surface area (Å²) in [7, 11) is -3.88. The van der Waals surface area contributed by atoms with Crippen LogP contribution in [0.1, 0.15) is 11.1 Å². The van der Waals surface area contributed by atoms with Crippen LogP contribution < -0.4 is 10.5 Å². The number of hydrogen-bond donors (Lipinski definition) is 3. The number of fused-ring (bicyclic) bond motifs is 1. The van der Waals surface area contributed by atoms with E-state index < -0.39 is 10.0 Å². The molecule has 4 rings (SSSR count). The number of benzene rings is 3. The molecule has 0 atom stereocenters. The molecule has 0 bridgehead atoms. The van der Waals surface area contributed by atoms with E-state index in [4.69, 9.17) is 10.4 Å². The van der Waals surface area contributed by atoms with E-state index in [0.29, 0.717) is 26.9 Å². The molecule has 0 aliphatic heterocycles. The molecule has 0 aliphatic rings. The Morgan fingerprint density at radius 3 is 2.62 bits per heavy atom. The molecule has 9 heteroatoms. The lowest BCUT2D eigenvalue weighted by atomic mass is 10.1. The van der Waals surface area contributed by atoms with Crippen LogP contribution in [0.3, 0.4) is 0 Å². The molecular weight excluding hydrogens is 492 g/mol. The van der Waals surface area contributed by atoms with Crippen LogP contribution in [0.15, 0.2) is 76.2 Å². The summed E-state index contributed by atoms with van der Waals surface area (Å²) < 4.78 is 24.4. The second kappa shape index (κ2) is 8.59. The van der Waals surface area contributed by atoms with E-state index in [1.54, 1.807) is 54.7 Å². The topological polar surface area (TPSA) is 129 Å². The maximum Gasteiger partial charge on any atom is 0.238 e. The first-order chi connectivity index (χ1) is 15.3. The molecule has 0 unspecified atom stereocenters. The molecule has 0 saturated carbocycles. The van der Waals surface area contributed by atoms with Gasteiger partial charge in [0.05, 0.1) is 28.6 Å². The van der Waals surface area contributed by atoms with Crippen molar-refractivity contribution in [1.29, 1.82) is 5.26 Å². The van der Waals surface area contributed by atoms with E-state index in [1.807, 2.05) is 6.07 Å². The monoisotopic (exact) mass is 508 g/mol. The van der Waals surface area contributed by atoms with Crippen molar-refractivity contribution in [2.45, 2.75) is 11.3 Å². The van der Waals surface area contributed by atoms with Crippen LogP contribution in [-0.4, -0.2) is 19.3 Å². The van der Waals surface area contributed by atoms with E-state index in [9.17, 15) is 13.2 Å². The van der Waals surface area contributed by atoms with Gasteiger partial charge in [-0.1, -0.05) is 24.3 Å². The van der Waals surface area contributed by atoms with Crippen LogP contribution in [0, 0.1) is 11.3 Å². The molecule has 160 valence electrons. The highest BCUT2D eigenvalue weighted by molar-refractivity contribution is 9.10. The Balaban J connectivity index is 1.57. The average Bonchev–Trinajstić information content (AvgIpc) is 3.16. The summed E-state index contributed by atoms with van der Waals surface area (Å²) in [6.45, 7) is 0. The number of primary sulfonamides is 1. The fraction of sp³-hybridized carbons (Fsp3) is 0.0435. The standard InChI is InChI=1S/C23H17BrN4O3S/c24-19-10-15(17-3-1-2-4-22(17)32(26,30)31)6-8-21(19)28-23(29)11-16-13-27-20-7-5-14(12-25)9-18(16)20/h1-10,13,27H,11H2,(H,28,29)(H2,26,30,31). The predicted octanol–water partition coefficient (Wildman–Crippen LogP) is 4.30. The number of carbonyl (C=O) groups is 1. The second-order valence-corrected chi connectivity index (χ2v) is 9.53. The second-order valence-electron chi connectivity index (χ2n) is 7.15. The number of nitriles is 1. The summed E-state index contributed by atoms with van der Waals surface area (Å²) in [5.41, 5.74) is 3.82. The molecule has 0 saturated heterocycles. The minimum atomic E-state index is -3.88. The fourth-order valence-electron chi connectivity index (χ4n) is 3.50. The lowest BCUT2D eigenvalue weighted by molar-refractivity contribution is -0.115. The quantitative estimate of drug-likeness (QED) is 0.371. The molecule has 4 aromatic rings. The van der Waals surface area contributed by atoms with Crippen molar-refractivity contribution < 1.29 is 13.2 Å². The Kier molecular flexibility index (Phi) is 5.84. The summed E-state index contributed by atoms with van der Waals surface area (Å²) in [5.74, 6) is -0.230. The highest BCUT2D eigenvalue weighted by Crippen LogP contribution is 2.32. The third-order valence-electron chi connectivity index (χ3n) is 5.00. The van der Waals surface area contributed by atoms with E-state index in [1.165, 1.54) is 6.07 Å². The summed E-state index contributed by atoms with van der Waals surface area (Å²) in [6, 6.07) is 19.0. The third kappa shape index (κ3) is 4.43. The number of nitrogens with zero attached hydrogens (tertiary/aromatic N) is 1. The van der Waals surface area contributed by atoms with Crippen molar-refractivity contribution in [2.75, 3.05) is 5.32 Å². The number of aromatic amines is 1. The van der Waals surface area contributed by atoms with E-state index in [2.05, 4.69) is 32.3 Å². The molecule has 3 aromatic carbocycles. The number of sulfonamides is 1. The first kappa shape index (κ1) is 21.8. The largest absolute Gasteiger partial charge is 0.361 e. The Morgan fingerprint density at radius 1 is 1.12 bits per heavy atom. The molecule has 1 amide bonds. The van der Waals surface area contributed by atoms with Crippen LogP contribution in [-0.2, 0) is 21.2 Å². The zero-order valence-electron chi connectivity index (χ0n) is 16.6. The van der Waals surface area contributed by atoms with Gasteiger partial charge in [0.1, 0.15) is 0 Å². The van der Waals surface area contributed by atoms with Crippen molar-refractivity contribution >= 4 is 48.5 Å². The van der Waals surface area contributed by atoms with Gasteiger partial charge in [-0.2, -0.15) is 5.26 Å². The van der Waals surface area contributed by atoms with E-state index in [0.717, 1.165) is 16.5 Å². The predicted molar refractivity (Wildman–Crippen MR) is 126 cm³/mol. The summed E-state index contributed by atoms with van der Waals surface area (Å²) in [4.78, 5) is 15.8. The Bertz CT molecular complexity index is 1500. The number of aromatic nitrogens is 1. The Hall–Kier alpha value is -3.45. The number of rotatable bonds is 5. The van der Waals surface area contributed by atoms with Crippen LogP contribution in [0.5, 0.6) is 0 Å². The van der Waals surface area contributed by atoms with Gasteiger partial charge in [0.2, 0.25) is 15.9 Å². The summed E-state index contributed by atoms with van der Waals surface area (Å²) >= 11 is 3.45. The van der Waals surface area contributed by atoms with Crippen LogP contribution in [0.25, 0.3) is 22.0 Å². The number of amides is 1. The molecule has 32 heavy (non-hydrogen) atoms. The first-order valence-electron chi connectivity index (χ1n) is 9.48. The SMILES string of the molecule is N#Cc1ccc2[nH]cc(CC(=O)Nc3ccc(-c4ccccc4S(N)(=O)=O)cc3Br)c2c1. The van der Waals surface area contributed by atoms with E-state index >= 15 is 0 Å². The zero-order chi connectivity index (χ0) is 22.9. The molecule has 0 aliphatic carbocycles. The summed E-state index contributed by atoms with van der Waals surface area (Å²) in [6.07, 6.45) is 1.88. The third-order valence-corrected chi connectivity index (χ3v) is 6.62. The smallest absolute Gasteiger partial charge is 0.238 e. The molecule has 4 N–H and O–H groups in total. The Morgan fingerprint density at radius 2 is 1.91 bits per heavy atom. The summed E-state index contributed by atoms with van der Waals surface area (Å²) in [5, 5.41) is 18.1. The molecule has 0 spiro atoms. The molecule has 0 radical (unpaired) electrons. The van der Waals surface area contributed by atoms with Crippen molar-refractivity contribution in [2.24, 2.45) is 5.14 Å². The van der Waals surface area contributed by atoms with Gasteiger partial charge in [0.15, 0.2) is 0 Å². The number of anilines is 1. The maximum atomic E-state index is 12.7. The highest BCUT2D eigenvalue weighted by atomic mass is 79.9. The number of nitrogens with one attached hydrogen (secondary N) is 2.